The van der Waals surface area contributed by atoms with Gasteiger partial charge in [-0.25, -0.2) is 0 Å². The Bertz CT molecular complexity index is 324. The van der Waals surface area contributed by atoms with E-state index in [2.05, 4.69) is 5.32 Å². The van der Waals surface area contributed by atoms with Crippen molar-refractivity contribution in [2.75, 3.05) is 12.8 Å². The van der Waals surface area contributed by atoms with Crippen molar-refractivity contribution in [1.82, 2.24) is 5.32 Å². The molecule has 1 aliphatic heterocycles. The molecule has 1 heterocycles. The summed E-state index contributed by atoms with van der Waals surface area (Å²) in [6, 6.07) is 8.20. The van der Waals surface area contributed by atoms with E-state index in [0.717, 1.165) is 10.6 Å². The predicted octanol–water partition coefficient (Wildman–Crippen LogP) is 1.07. The Hall–Kier alpha value is -0.670. The van der Waals surface area contributed by atoms with Gasteiger partial charge in [-0.1, -0.05) is 18.2 Å². The van der Waals surface area contributed by atoms with Crippen LogP contribution in [0.15, 0.2) is 29.2 Å². The van der Waals surface area contributed by atoms with Crippen molar-refractivity contribution in [3.05, 3.63) is 29.8 Å². The maximum absolute atomic E-state index is 11.5. The van der Waals surface area contributed by atoms with Crippen LogP contribution >= 0.6 is 0 Å². The first-order valence-corrected chi connectivity index (χ1v) is 5.29. The lowest BCUT2D eigenvalue weighted by atomic mass is 10.1. The van der Waals surface area contributed by atoms with Crippen LogP contribution in [0.2, 0.25) is 0 Å². The summed E-state index contributed by atoms with van der Waals surface area (Å²) in [4.78, 5) is 0.997. The van der Waals surface area contributed by atoms with Gasteiger partial charge in [-0.15, -0.1) is 0 Å². The van der Waals surface area contributed by atoms with Crippen LogP contribution in [0.25, 0.3) is 0 Å². The minimum Gasteiger partial charge on any atom is -0.312 e. The number of hydrogen-bond donors (Lipinski definition) is 1. The molecule has 3 heteroatoms. The molecule has 0 aromatic heterocycles. The van der Waals surface area contributed by atoms with Crippen LogP contribution in [0.5, 0.6) is 0 Å². The highest BCUT2D eigenvalue weighted by Crippen LogP contribution is 2.29. The van der Waals surface area contributed by atoms with E-state index >= 15 is 0 Å². The zero-order valence-electron chi connectivity index (χ0n) is 6.91. The molecule has 2 atom stereocenters. The standard InChI is InChI=1S/C9H11NOS/c1-10-8-6-12(11)9-5-3-2-4-7(8)9/h2-5,8,10H,6H2,1H3. The summed E-state index contributed by atoms with van der Waals surface area (Å²) >= 11 is 0. The third kappa shape index (κ3) is 1.09. The van der Waals surface area contributed by atoms with Gasteiger partial charge < -0.3 is 5.32 Å². The molecule has 12 heavy (non-hydrogen) atoms. The summed E-state index contributed by atoms with van der Waals surface area (Å²) in [5, 5.41) is 3.16. The second-order valence-electron chi connectivity index (χ2n) is 2.89. The average molecular weight is 181 g/mol. The average Bonchev–Trinajstić information content (AvgIpc) is 2.44. The van der Waals surface area contributed by atoms with E-state index in [1.165, 1.54) is 5.56 Å². The van der Waals surface area contributed by atoms with Crippen molar-refractivity contribution < 1.29 is 4.21 Å². The molecule has 1 N–H and O–H groups in total. The van der Waals surface area contributed by atoms with Gasteiger partial charge in [0.05, 0.1) is 10.8 Å². The molecule has 64 valence electrons. The molecule has 1 aliphatic rings. The van der Waals surface area contributed by atoms with Gasteiger partial charge in [0.15, 0.2) is 0 Å². The van der Waals surface area contributed by atoms with E-state index in [9.17, 15) is 4.21 Å². The number of benzene rings is 1. The monoisotopic (exact) mass is 181 g/mol. The van der Waals surface area contributed by atoms with Gasteiger partial charge in [0.25, 0.3) is 0 Å². The molecular weight excluding hydrogens is 170 g/mol. The van der Waals surface area contributed by atoms with E-state index in [0.29, 0.717) is 0 Å². The van der Waals surface area contributed by atoms with Crippen LogP contribution in [0.4, 0.5) is 0 Å². The fourth-order valence-corrected chi connectivity index (χ4v) is 3.08. The summed E-state index contributed by atoms with van der Waals surface area (Å²) in [7, 11) is 1.12. The minimum absolute atomic E-state index is 0.280. The summed E-state index contributed by atoms with van der Waals surface area (Å²) in [6.07, 6.45) is 0. The summed E-state index contributed by atoms with van der Waals surface area (Å²) in [5.41, 5.74) is 1.19. The zero-order valence-corrected chi connectivity index (χ0v) is 7.73. The number of rotatable bonds is 1. The van der Waals surface area contributed by atoms with E-state index in [-0.39, 0.29) is 6.04 Å². The van der Waals surface area contributed by atoms with Crippen molar-refractivity contribution in [2.45, 2.75) is 10.9 Å². The Balaban J connectivity index is 2.50. The van der Waals surface area contributed by atoms with Gasteiger partial charge in [-0.3, -0.25) is 4.21 Å². The summed E-state index contributed by atoms with van der Waals surface area (Å²) < 4.78 is 11.5. The Labute approximate surface area is 74.4 Å². The highest BCUT2D eigenvalue weighted by atomic mass is 32.2. The van der Waals surface area contributed by atoms with Crippen molar-refractivity contribution in [1.29, 1.82) is 0 Å². The lowest BCUT2D eigenvalue weighted by molar-refractivity contribution is 0.652. The normalized spacial score (nSPS) is 27.1. The maximum Gasteiger partial charge on any atom is 0.0552 e. The van der Waals surface area contributed by atoms with Crippen LogP contribution in [-0.4, -0.2) is 17.0 Å². The molecule has 0 saturated heterocycles. The topological polar surface area (TPSA) is 29.1 Å². The van der Waals surface area contributed by atoms with Crippen molar-refractivity contribution in [3.8, 4) is 0 Å². The highest BCUT2D eigenvalue weighted by molar-refractivity contribution is 7.85. The summed E-state index contributed by atoms with van der Waals surface area (Å²) in [6.45, 7) is 0. The van der Waals surface area contributed by atoms with Crippen LogP contribution in [0.1, 0.15) is 11.6 Å². The molecule has 0 fully saturated rings. The molecule has 2 nitrogen and oxygen atoms in total. The van der Waals surface area contributed by atoms with E-state index < -0.39 is 10.8 Å². The van der Waals surface area contributed by atoms with E-state index in [1.807, 2.05) is 31.3 Å². The summed E-state index contributed by atoms with van der Waals surface area (Å²) in [5.74, 6) is 0.718. The number of hydrogen-bond acceptors (Lipinski definition) is 2. The second kappa shape index (κ2) is 2.99. The maximum atomic E-state index is 11.5. The third-order valence-corrected chi connectivity index (χ3v) is 3.70. The van der Waals surface area contributed by atoms with Gasteiger partial charge in [0, 0.05) is 16.7 Å². The molecule has 1 aromatic carbocycles. The van der Waals surface area contributed by atoms with Gasteiger partial charge in [-0.05, 0) is 18.7 Å². The van der Waals surface area contributed by atoms with E-state index in [1.54, 1.807) is 0 Å². The van der Waals surface area contributed by atoms with Crippen molar-refractivity contribution >= 4 is 10.8 Å². The molecule has 0 saturated carbocycles. The Kier molecular flexibility index (Phi) is 1.98. The molecule has 1 aromatic rings. The van der Waals surface area contributed by atoms with E-state index in [4.69, 9.17) is 0 Å². The van der Waals surface area contributed by atoms with Gasteiger partial charge in [-0.2, -0.15) is 0 Å². The van der Waals surface area contributed by atoms with Gasteiger partial charge in [0.1, 0.15) is 0 Å². The van der Waals surface area contributed by atoms with Crippen LogP contribution in [-0.2, 0) is 10.8 Å². The molecule has 0 amide bonds. The van der Waals surface area contributed by atoms with Crippen molar-refractivity contribution in [2.24, 2.45) is 0 Å². The SMILES string of the molecule is CNC1CS(=O)c2ccccc21. The zero-order chi connectivity index (χ0) is 8.55. The van der Waals surface area contributed by atoms with Crippen LogP contribution in [0.3, 0.4) is 0 Å². The smallest absolute Gasteiger partial charge is 0.0552 e. The molecule has 2 rings (SSSR count). The minimum atomic E-state index is -0.790. The Morgan fingerprint density at radius 1 is 1.50 bits per heavy atom. The van der Waals surface area contributed by atoms with Gasteiger partial charge >= 0.3 is 0 Å². The van der Waals surface area contributed by atoms with Crippen molar-refractivity contribution in [3.63, 3.8) is 0 Å². The first kappa shape index (κ1) is 7.95. The number of fused-ring (bicyclic) bond motifs is 1. The number of nitrogens with one attached hydrogen (secondary N) is 1. The molecule has 0 radical (unpaired) electrons. The Morgan fingerprint density at radius 3 is 3.00 bits per heavy atom. The molecule has 2 unspecified atom stereocenters. The fraction of sp³-hybridized carbons (Fsp3) is 0.333. The lowest BCUT2D eigenvalue weighted by Gasteiger charge is -2.06. The van der Waals surface area contributed by atoms with Crippen LogP contribution in [0, 0.1) is 0 Å². The molecule has 0 aliphatic carbocycles. The highest BCUT2D eigenvalue weighted by Gasteiger charge is 2.26. The molecular formula is C9H11NOS. The molecule has 0 spiro atoms. The predicted molar refractivity (Wildman–Crippen MR) is 49.5 cm³/mol. The first-order chi connectivity index (χ1) is 5.83. The third-order valence-electron chi connectivity index (χ3n) is 2.21. The second-order valence-corrected chi connectivity index (χ2v) is 4.36. The molecule has 0 bridgehead atoms. The fourth-order valence-electron chi connectivity index (χ4n) is 1.55. The largest absolute Gasteiger partial charge is 0.312 e. The Morgan fingerprint density at radius 2 is 2.25 bits per heavy atom. The van der Waals surface area contributed by atoms with Gasteiger partial charge in [0.2, 0.25) is 0 Å². The van der Waals surface area contributed by atoms with Crippen LogP contribution < -0.4 is 5.32 Å². The first-order valence-electron chi connectivity index (χ1n) is 3.97. The lowest BCUT2D eigenvalue weighted by Crippen LogP contribution is -2.16. The quantitative estimate of drug-likeness (QED) is 0.702.